The summed E-state index contributed by atoms with van der Waals surface area (Å²) in [4.78, 5) is 12.9. The fraction of sp³-hybridized carbons (Fsp3) is 0.812. The molecule has 2 saturated carbocycles. The highest BCUT2D eigenvalue weighted by Gasteiger charge is 2.59. The van der Waals surface area contributed by atoms with Gasteiger partial charge in [0.05, 0.1) is 17.6 Å². The van der Waals surface area contributed by atoms with Gasteiger partial charge in [0.2, 0.25) is 0 Å². The van der Waals surface area contributed by atoms with Crippen molar-refractivity contribution in [3.63, 3.8) is 0 Å². The standard InChI is InChI=1S/C16H26O3/c1-10(2)11-9-12(17)15(3)7-6-8-16(4,19-5)14(15)13(11)18/h12,14,17H,6-9H2,1-5H3/t12-,14+,15+,16+/m0/s1. The highest BCUT2D eigenvalue weighted by Crippen LogP contribution is 2.55. The molecule has 0 spiro atoms. The average Bonchev–Trinajstić information content (AvgIpc) is 2.33. The molecule has 0 amide bonds. The second kappa shape index (κ2) is 4.71. The Bertz CT molecular complexity index is 422. The van der Waals surface area contributed by atoms with Gasteiger partial charge in [-0.2, -0.15) is 0 Å². The van der Waals surface area contributed by atoms with E-state index in [1.807, 2.05) is 20.8 Å². The molecule has 2 fully saturated rings. The molecule has 19 heavy (non-hydrogen) atoms. The summed E-state index contributed by atoms with van der Waals surface area (Å²) in [6.45, 7) is 7.98. The van der Waals surface area contributed by atoms with Crippen LogP contribution in [-0.2, 0) is 9.53 Å². The third kappa shape index (κ3) is 2.07. The molecule has 3 heteroatoms. The lowest BCUT2D eigenvalue weighted by Crippen LogP contribution is -2.60. The first-order valence-corrected chi connectivity index (χ1v) is 7.20. The highest BCUT2D eigenvalue weighted by atomic mass is 16.5. The zero-order valence-electron chi connectivity index (χ0n) is 12.7. The van der Waals surface area contributed by atoms with Crippen molar-refractivity contribution >= 4 is 5.78 Å². The second-order valence-corrected chi connectivity index (χ2v) is 6.87. The first kappa shape index (κ1) is 14.7. The number of aliphatic hydroxyl groups excluding tert-OH is 1. The first-order chi connectivity index (χ1) is 8.76. The summed E-state index contributed by atoms with van der Waals surface area (Å²) in [6, 6.07) is 0. The van der Waals surface area contributed by atoms with Gasteiger partial charge in [0.1, 0.15) is 0 Å². The first-order valence-electron chi connectivity index (χ1n) is 7.20. The summed E-state index contributed by atoms with van der Waals surface area (Å²) >= 11 is 0. The van der Waals surface area contributed by atoms with Crippen LogP contribution in [0.4, 0.5) is 0 Å². The Labute approximate surface area is 116 Å². The van der Waals surface area contributed by atoms with Crippen molar-refractivity contribution in [1.29, 1.82) is 0 Å². The molecular weight excluding hydrogens is 240 g/mol. The van der Waals surface area contributed by atoms with Crippen molar-refractivity contribution in [3.8, 4) is 0 Å². The van der Waals surface area contributed by atoms with Crippen molar-refractivity contribution in [2.75, 3.05) is 7.11 Å². The van der Waals surface area contributed by atoms with Gasteiger partial charge >= 0.3 is 0 Å². The number of methoxy groups -OCH3 is 1. The molecule has 0 aliphatic heterocycles. The normalized spacial score (nSPS) is 43.1. The summed E-state index contributed by atoms with van der Waals surface area (Å²) in [5.74, 6) is -0.0377. The molecule has 4 atom stereocenters. The van der Waals surface area contributed by atoms with Crippen molar-refractivity contribution in [1.82, 2.24) is 0 Å². The summed E-state index contributed by atoms with van der Waals surface area (Å²) in [6.07, 6.45) is 2.84. The Balaban J connectivity index is 2.52. The van der Waals surface area contributed by atoms with E-state index < -0.39 is 11.7 Å². The molecule has 0 radical (unpaired) electrons. The van der Waals surface area contributed by atoms with E-state index in [0.29, 0.717) is 6.42 Å². The van der Waals surface area contributed by atoms with E-state index in [2.05, 4.69) is 6.92 Å². The quantitative estimate of drug-likeness (QED) is 0.742. The van der Waals surface area contributed by atoms with Crippen molar-refractivity contribution in [3.05, 3.63) is 11.1 Å². The van der Waals surface area contributed by atoms with E-state index in [-0.39, 0.29) is 17.1 Å². The molecule has 108 valence electrons. The zero-order valence-corrected chi connectivity index (χ0v) is 12.7. The lowest BCUT2D eigenvalue weighted by molar-refractivity contribution is -0.175. The Morgan fingerprint density at radius 1 is 1.32 bits per heavy atom. The average molecular weight is 266 g/mol. The fourth-order valence-corrected chi connectivity index (χ4v) is 4.11. The molecular formula is C16H26O3. The van der Waals surface area contributed by atoms with Gasteiger partial charge in [0.15, 0.2) is 5.78 Å². The van der Waals surface area contributed by atoms with E-state index in [4.69, 9.17) is 4.74 Å². The molecule has 0 heterocycles. The van der Waals surface area contributed by atoms with E-state index in [0.717, 1.165) is 30.4 Å². The molecule has 1 N–H and O–H groups in total. The van der Waals surface area contributed by atoms with Crippen molar-refractivity contribution < 1.29 is 14.6 Å². The lowest BCUT2D eigenvalue weighted by atomic mass is 9.52. The molecule has 0 aromatic rings. The van der Waals surface area contributed by atoms with Crippen LogP contribution in [0.1, 0.15) is 53.4 Å². The van der Waals surface area contributed by atoms with Crippen LogP contribution >= 0.6 is 0 Å². The number of ether oxygens (including phenoxy) is 1. The number of fused-ring (bicyclic) bond motifs is 1. The van der Waals surface area contributed by atoms with Gasteiger partial charge in [0.25, 0.3) is 0 Å². The second-order valence-electron chi connectivity index (χ2n) is 6.87. The fourth-order valence-electron chi connectivity index (χ4n) is 4.11. The minimum atomic E-state index is -0.452. The predicted octanol–water partition coefficient (Wildman–Crippen LogP) is 2.87. The summed E-state index contributed by atoms with van der Waals surface area (Å²) < 4.78 is 5.71. The molecule has 0 bridgehead atoms. The van der Waals surface area contributed by atoms with Crippen molar-refractivity contribution in [2.45, 2.75) is 65.1 Å². The molecule has 2 aliphatic rings. The third-order valence-electron chi connectivity index (χ3n) is 5.45. The number of allylic oxidation sites excluding steroid dienone is 1. The van der Waals surface area contributed by atoms with E-state index in [1.54, 1.807) is 7.11 Å². The smallest absolute Gasteiger partial charge is 0.165 e. The SMILES string of the molecule is CO[C@]1(C)CCC[C@@]2(C)[C@H]1C(=O)C(=C(C)C)C[C@@H]2O. The number of hydrogen-bond donors (Lipinski definition) is 1. The zero-order chi connectivity index (χ0) is 14.4. The Morgan fingerprint density at radius 3 is 2.47 bits per heavy atom. The number of hydrogen-bond acceptors (Lipinski definition) is 3. The van der Waals surface area contributed by atoms with Gasteiger partial charge in [0, 0.05) is 18.9 Å². The van der Waals surface area contributed by atoms with Gasteiger partial charge < -0.3 is 9.84 Å². The molecule has 0 aromatic heterocycles. The summed E-state index contributed by atoms with van der Waals surface area (Å²) in [5.41, 5.74) is 1.03. The topological polar surface area (TPSA) is 46.5 Å². The monoisotopic (exact) mass is 266 g/mol. The predicted molar refractivity (Wildman–Crippen MR) is 74.9 cm³/mol. The maximum absolute atomic E-state index is 12.9. The van der Waals surface area contributed by atoms with Crippen LogP contribution in [0.15, 0.2) is 11.1 Å². The summed E-state index contributed by atoms with van der Waals surface area (Å²) in [7, 11) is 1.68. The van der Waals surface area contributed by atoms with E-state index in [9.17, 15) is 9.90 Å². The van der Waals surface area contributed by atoms with Gasteiger partial charge in [-0.1, -0.05) is 12.5 Å². The molecule has 2 aliphatic carbocycles. The Morgan fingerprint density at radius 2 is 1.95 bits per heavy atom. The molecule has 0 unspecified atom stereocenters. The maximum atomic E-state index is 12.9. The molecule has 3 nitrogen and oxygen atoms in total. The number of rotatable bonds is 1. The lowest BCUT2D eigenvalue weighted by Gasteiger charge is -2.55. The number of ketones is 1. The summed E-state index contributed by atoms with van der Waals surface area (Å²) in [5, 5.41) is 10.6. The number of aliphatic hydroxyl groups is 1. The van der Waals surface area contributed by atoms with Crippen molar-refractivity contribution in [2.24, 2.45) is 11.3 Å². The van der Waals surface area contributed by atoms with E-state index >= 15 is 0 Å². The van der Waals surface area contributed by atoms with Gasteiger partial charge in [-0.3, -0.25) is 4.79 Å². The maximum Gasteiger partial charge on any atom is 0.165 e. The van der Waals surface area contributed by atoms with E-state index in [1.165, 1.54) is 0 Å². The Hall–Kier alpha value is -0.670. The van der Waals surface area contributed by atoms with Crippen LogP contribution in [0.25, 0.3) is 0 Å². The highest BCUT2D eigenvalue weighted by molar-refractivity contribution is 6.00. The number of carbonyl (C=O) groups excluding carboxylic acids is 1. The third-order valence-corrected chi connectivity index (χ3v) is 5.45. The molecule has 0 saturated heterocycles. The van der Waals surface area contributed by atoms with Gasteiger partial charge in [-0.05, 0) is 45.6 Å². The van der Waals surface area contributed by atoms with Crippen LogP contribution in [0.2, 0.25) is 0 Å². The van der Waals surface area contributed by atoms with Crippen LogP contribution < -0.4 is 0 Å². The minimum Gasteiger partial charge on any atom is -0.392 e. The largest absolute Gasteiger partial charge is 0.392 e. The van der Waals surface area contributed by atoms with Crippen LogP contribution in [0.5, 0.6) is 0 Å². The molecule has 0 aromatic carbocycles. The number of Topliss-reactive ketones (excluding diaryl/α,β-unsaturated/α-hetero) is 1. The number of carbonyl (C=O) groups is 1. The Kier molecular flexibility index (Phi) is 3.65. The van der Waals surface area contributed by atoms with Gasteiger partial charge in [-0.15, -0.1) is 0 Å². The van der Waals surface area contributed by atoms with Crippen LogP contribution in [0.3, 0.4) is 0 Å². The molecule has 2 rings (SSSR count). The van der Waals surface area contributed by atoms with Crippen LogP contribution in [0, 0.1) is 11.3 Å². The van der Waals surface area contributed by atoms with Crippen LogP contribution in [-0.4, -0.2) is 29.7 Å². The minimum absolute atomic E-state index is 0.192. The van der Waals surface area contributed by atoms with Gasteiger partial charge in [-0.25, -0.2) is 0 Å².